The first-order valence-electron chi connectivity index (χ1n) is 6.00. The van der Waals surface area contributed by atoms with Gasteiger partial charge in [-0.15, -0.1) is 0 Å². The summed E-state index contributed by atoms with van der Waals surface area (Å²) in [5.74, 6) is -2.89. The summed E-state index contributed by atoms with van der Waals surface area (Å²) < 4.78 is 25.6. The Morgan fingerprint density at radius 2 is 1.79 bits per heavy atom. The van der Waals surface area contributed by atoms with Crippen molar-refractivity contribution < 1.29 is 18.4 Å². The largest absolute Gasteiger partial charge is 0.343 e. The van der Waals surface area contributed by atoms with Gasteiger partial charge in [0.1, 0.15) is 6.42 Å². The van der Waals surface area contributed by atoms with Gasteiger partial charge in [0.2, 0.25) is 11.8 Å². The molecule has 2 amide bonds. The average molecular weight is 270 g/mol. The molecule has 0 saturated carbocycles. The number of amides is 2. The number of rotatable bonds is 5. The molecule has 0 atom stereocenters. The SMILES string of the molecule is CCN(CC)C(=O)CC(=O)Nc1ccc(F)c(F)c1. The van der Waals surface area contributed by atoms with Crippen molar-refractivity contribution in [1.29, 1.82) is 0 Å². The Bertz CT molecular complexity index is 474. The molecule has 0 aliphatic rings. The lowest BCUT2D eigenvalue weighted by Gasteiger charge is -2.18. The van der Waals surface area contributed by atoms with Crippen molar-refractivity contribution in [2.45, 2.75) is 20.3 Å². The molecule has 0 unspecified atom stereocenters. The zero-order valence-corrected chi connectivity index (χ0v) is 10.9. The predicted octanol–water partition coefficient (Wildman–Crippen LogP) is 2.16. The first-order valence-corrected chi connectivity index (χ1v) is 6.00. The van der Waals surface area contributed by atoms with Gasteiger partial charge in [0, 0.05) is 24.8 Å². The lowest BCUT2D eigenvalue weighted by atomic mass is 10.2. The average Bonchev–Trinajstić information content (AvgIpc) is 2.35. The third-order valence-corrected chi connectivity index (χ3v) is 2.63. The van der Waals surface area contributed by atoms with Crippen LogP contribution in [0.3, 0.4) is 0 Å². The second-order valence-corrected chi connectivity index (χ2v) is 3.92. The molecule has 0 fully saturated rings. The van der Waals surface area contributed by atoms with Crippen molar-refractivity contribution in [2.75, 3.05) is 18.4 Å². The van der Waals surface area contributed by atoms with Crippen LogP contribution in [0.1, 0.15) is 20.3 Å². The molecule has 1 N–H and O–H groups in total. The molecular weight excluding hydrogens is 254 g/mol. The van der Waals surface area contributed by atoms with Crippen molar-refractivity contribution >= 4 is 17.5 Å². The number of nitrogens with one attached hydrogen (secondary N) is 1. The molecule has 0 saturated heterocycles. The quantitative estimate of drug-likeness (QED) is 0.833. The van der Waals surface area contributed by atoms with E-state index in [-0.39, 0.29) is 18.0 Å². The van der Waals surface area contributed by atoms with Gasteiger partial charge in [-0.25, -0.2) is 8.78 Å². The van der Waals surface area contributed by atoms with Gasteiger partial charge in [0.05, 0.1) is 0 Å². The molecule has 0 spiro atoms. The third-order valence-electron chi connectivity index (χ3n) is 2.63. The smallest absolute Gasteiger partial charge is 0.233 e. The number of hydrogen-bond donors (Lipinski definition) is 1. The number of carbonyl (C=O) groups excluding carboxylic acids is 2. The molecule has 6 heteroatoms. The lowest BCUT2D eigenvalue weighted by molar-refractivity contribution is -0.134. The van der Waals surface area contributed by atoms with E-state index in [1.807, 2.05) is 13.8 Å². The van der Waals surface area contributed by atoms with E-state index in [4.69, 9.17) is 0 Å². The van der Waals surface area contributed by atoms with Gasteiger partial charge < -0.3 is 10.2 Å². The number of halogens is 2. The molecule has 0 heterocycles. The van der Waals surface area contributed by atoms with E-state index in [2.05, 4.69) is 5.32 Å². The Kier molecular flexibility index (Phi) is 5.41. The molecule has 104 valence electrons. The molecule has 1 aromatic rings. The Hall–Kier alpha value is -1.98. The number of nitrogens with zero attached hydrogens (tertiary/aromatic N) is 1. The topological polar surface area (TPSA) is 49.4 Å². The van der Waals surface area contributed by atoms with Gasteiger partial charge in [0.15, 0.2) is 11.6 Å². The van der Waals surface area contributed by atoms with Gasteiger partial charge >= 0.3 is 0 Å². The Morgan fingerprint density at radius 3 is 2.32 bits per heavy atom. The van der Waals surface area contributed by atoms with Crippen LogP contribution in [-0.4, -0.2) is 29.8 Å². The van der Waals surface area contributed by atoms with Crippen LogP contribution in [0.25, 0.3) is 0 Å². The molecular formula is C13H16F2N2O2. The van der Waals surface area contributed by atoms with Crippen molar-refractivity contribution in [3.8, 4) is 0 Å². The number of carbonyl (C=O) groups is 2. The van der Waals surface area contributed by atoms with Crippen LogP contribution in [0.5, 0.6) is 0 Å². The van der Waals surface area contributed by atoms with Crippen LogP contribution in [-0.2, 0) is 9.59 Å². The summed E-state index contributed by atoms with van der Waals surface area (Å²) in [6, 6.07) is 3.02. The van der Waals surface area contributed by atoms with Crippen LogP contribution in [0.15, 0.2) is 18.2 Å². The van der Waals surface area contributed by atoms with Crippen LogP contribution < -0.4 is 5.32 Å². The fourth-order valence-electron chi connectivity index (χ4n) is 1.60. The van der Waals surface area contributed by atoms with Crippen LogP contribution in [0.4, 0.5) is 14.5 Å². The normalized spacial score (nSPS) is 10.1. The standard InChI is InChI=1S/C13H16F2N2O2/c1-3-17(4-2)13(19)8-12(18)16-9-5-6-10(14)11(15)7-9/h5-7H,3-4,8H2,1-2H3,(H,16,18). The Labute approximate surface area is 110 Å². The summed E-state index contributed by atoms with van der Waals surface area (Å²) in [6.45, 7) is 4.67. The first-order chi connectivity index (χ1) is 8.97. The monoisotopic (exact) mass is 270 g/mol. The molecule has 0 radical (unpaired) electrons. The maximum atomic E-state index is 12.9. The van der Waals surface area contributed by atoms with E-state index >= 15 is 0 Å². The van der Waals surface area contributed by atoms with Crippen molar-refractivity contribution in [3.05, 3.63) is 29.8 Å². The maximum Gasteiger partial charge on any atom is 0.233 e. The molecule has 4 nitrogen and oxygen atoms in total. The summed E-state index contributed by atoms with van der Waals surface area (Å²) in [6.07, 6.45) is -0.319. The minimum Gasteiger partial charge on any atom is -0.343 e. The summed E-state index contributed by atoms with van der Waals surface area (Å²) in [5.41, 5.74) is 0.122. The minimum atomic E-state index is -1.05. The van der Waals surface area contributed by atoms with E-state index in [0.29, 0.717) is 13.1 Å². The van der Waals surface area contributed by atoms with Crippen molar-refractivity contribution in [1.82, 2.24) is 4.90 Å². The lowest BCUT2D eigenvalue weighted by Crippen LogP contribution is -2.33. The number of anilines is 1. The van der Waals surface area contributed by atoms with Gasteiger partial charge in [0.25, 0.3) is 0 Å². The zero-order chi connectivity index (χ0) is 14.4. The fourth-order valence-corrected chi connectivity index (χ4v) is 1.60. The summed E-state index contributed by atoms with van der Waals surface area (Å²) >= 11 is 0. The summed E-state index contributed by atoms with van der Waals surface area (Å²) in [5, 5.41) is 2.35. The van der Waals surface area contributed by atoms with E-state index in [9.17, 15) is 18.4 Å². The van der Waals surface area contributed by atoms with Crippen LogP contribution in [0, 0.1) is 11.6 Å². The minimum absolute atomic E-state index is 0.122. The highest BCUT2D eigenvalue weighted by Crippen LogP contribution is 2.13. The van der Waals surface area contributed by atoms with E-state index in [1.54, 1.807) is 0 Å². The van der Waals surface area contributed by atoms with Gasteiger partial charge in [-0.05, 0) is 26.0 Å². The molecule has 0 bridgehead atoms. The number of hydrogen-bond acceptors (Lipinski definition) is 2. The predicted molar refractivity (Wildman–Crippen MR) is 67.5 cm³/mol. The van der Waals surface area contributed by atoms with Crippen LogP contribution >= 0.6 is 0 Å². The zero-order valence-electron chi connectivity index (χ0n) is 10.9. The molecule has 0 aliphatic heterocycles. The fraction of sp³-hybridized carbons (Fsp3) is 0.385. The van der Waals surface area contributed by atoms with Gasteiger partial charge in [-0.3, -0.25) is 9.59 Å². The Balaban J connectivity index is 2.60. The molecule has 0 aliphatic carbocycles. The van der Waals surface area contributed by atoms with Gasteiger partial charge in [-0.2, -0.15) is 0 Å². The van der Waals surface area contributed by atoms with E-state index in [1.165, 1.54) is 11.0 Å². The van der Waals surface area contributed by atoms with Crippen molar-refractivity contribution in [2.24, 2.45) is 0 Å². The highest BCUT2D eigenvalue weighted by Gasteiger charge is 2.15. The molecule has 1 rings (SSSR count). The Morgan fingerprint density at radius 1 is 1.16 bits per heavy atom. The second kappa shape index (κ2) is 6.82. The number of benzene rings is 1. The third kappa shape index (κ3) is 4.31. The second-order valence-electron chi connectivity index (χ2n) is 3.92. The highest BCUT2D eigenvalue weighted by molar-refractivity contribution is 6.03. The summed E-state index contributed by atoms with van der Waals surface area (Å²) in [7, 11) is 0. The summed E-state index contributed by atoms with van der Waals surface area (Å²) in [4.78, 5) is 24.8. The highest BCUT2D eigenvalue weighted by atomic mass is 19.2. The van der Waals surface area contributed by atoms with E-state index < -0.39 is 17.5 Å². The molecule has 19 heavy (non-hydrogen) atoms. The molecule has 0 aromatic heterocycles. The first kappa shape index (κ1) is 15.1. The molecule has 1 aromatic carbocycles. The van der Waals surface area contributed by atoms with Crippen LogP contribution in [0.2, 0.25) is 0 Å². The van der Waals surface area contributed by atoms with Crippen molar-refractivity contribution in [3.63, 3.8) is 0 Å². The van der Waals surface area contributed by atoms with E-state index in [0.717, 1.165) is 12.1 Å². The maximum absolute atomic E-state index is 12.9. The van der Waals surface area contributed by atoms with Gasteiger partial charge in [-0.1, -0.05) is 0 Å².